The molecule has 2 aromatic rings. The van der Waals surface area contributed by atoms with Crippen LogP contribution in [0.25, 0.3) is 0 Å². The van der Waals surface area contributed by atoms with Crippen LogP contribution in [-0.4, -0.2) is 12.5 Å². The fraction of sp³-hybridized carbons (Fsp3) is 0.133. The number of hydrogen-bond donors (Lipinski definition) is 0. The summed E-state index contributed by atoms with van der Waals surface area (Å²) in [7, 11) is 0. The van der Waals surface area contributed by atoms with Gasteiger partial charge in [-0.15, -0.1) is 0 Å². The predicted molar refractivity (Wildman–Crippen MR) is 77.3 cm³/mol. The molecule has 0 radical (unpaired) electrons. The first-order valence-electron chi connectivity index (χ1n) is 6.01. The van der Waals surface area contributed by atoms with Crippen molar-refractivity contribution in [2.75, 3.05) is 11.5 Å². The summed E-state index contributed by atoms with van der Waals surface area (Å²) in [6.45, 7) is 0.593. The van der Waals surface area contributed by atoms with Gasteiger partial charge >= 0.3 is 0 Å². The number of carbonyl (C=O) groups is 1. The molecule has 3 rings (SSSR count). The lowest BCUT2D eigenvalue weighted by atomic mass is 10.2. The molecule has 1 aliphatic rings. The highest BCUT2D eigenvalue weighted by Gasteiger charge is 2.23. The fourth-order valence-corrected chi connectivity index (χ4v) is 2.64. The van der Waals surface area contributed by atoms with Crippen molar-refractivity contribution in [3.63, 3.8) is 0 Å². The molecule has 2 aromatic carbocycles. The van der Waals surface area contributed by atoms with Crippen LogP contribution in [0.15, 0.2) is 53.0 Å². The van der Waals surface area contributed by atoms with Crippen molar-refractivity contribution in [3.8, 4) is 5.75 Å². The van der Waals surface area contributed by atoms with Gasteiger partial charge in [0.25, 0.3) is 5.91 Å². The molecule has 4 heteroatoms. The normalized spacial score (nSPS) is 14.6. The van der Waals surface area contributed by atoms with E-state index in [9.17, 15) is 4.79 Å². The number of benzene rings is 2. The maximum Gasteiger partial charge on any atom is 0.265 e. The van der Waals surface area contributed by atoms with Crippen molar-refractivity contribution in [1.82, 2.24) is 0 Å². The average Bonchev–Trinajstić information content (AvgIpc) is 2.60. The molecule has 0 aliphatic carbocycles. The standard InChI is InChI=1S/C15H12BrNO2/c16-12-6-2-3-7-13(12)17-9-11-5-1-4-8-14(11)19-10-15(17)18/h1-8H,9-10H2. The van der Waals surface area contributed by atoms with Crippen molar-refractivity contribution in [2.24, 2.45) is 0 Å². The summed E-state index contributed by atoms with van der Waals surface area (Å²) in [5.74, 6) is 0.744. The minimum atomic E-state index is -0.0388. The molecule has 3 nitrogen and oxygen atoms in total. The molecule has 0 unspecified atom stereocenters. The maximum absolute atomic E-state index is 12.2. The SMILES string of the molecule is O=C1COc2ccccc2CN1c1ccccc1Br. The van der Waals surface area contributed by atoms with Gasteiger partial charge < -0.3 is 9.64 Å². The van der Waals surface area contributed by atoms with E-state index in [2.05, 4.69) is 15.9 Å². The van der Waals surface area contributed by atoms with Gasteiger partial charge in [0.15, 0.2) is 6.61 Å². The third kappa shape index (κ3) is 2.36. The summed E-state index contributed by atoms with van der Waals surface area (Å²) < 4.78 is 6.45. The lowest BCUT2D eigenvalue weighted by Crippen LogP contribution is -2.32. The number of halogens is 1. The monoisotopic (exact) mass is 317 g/mol. The number of para-hydroxylation sites is 2. The minimum absolute atomic E-state index is 0.0388. The van der Waals surface area contributed by atoms with Gasteiger partial charge in [-0.25, -0.2) is 0 Å². The first-order chi connectivity index (χ1) is 9.25. The van der Waals surface area contributed by atoms with E-state index in [0.717, 1.165) is 21.5 Å². The molecule has 0 saturated carbocycles. The average molecular weight is 318 g/mol. The number of nitrogens with zero attached hydrogens (tertiary/aromatic N) is 1. The zero-order chi connectivity index (χ0) is 13.2. The Labute approximate surface area is 119 Å². The zero-order valence-electron chi connectivity index (χ0n) is 10.2. The molecule has 0 atom stereocenters. The minimum Gasteiger partial charge on any atom is -0.483 e. The molecule has 0 bridgehead atoms. The van der Waals surface area contributed by atoms with Crippen LogP contribution in [0, 0.1) is 0 Å². The van der Waals surface area contributed by atoms with E-state index in [-0.39, 0.29) is 12.5 Å². The van der Waals surface area contributed by atoms with Crippen LogP contribution in [0.3, 0.4) is 0 Å². The van der Waals surface area contributed by atoms with E-state index in [1.807, 2.05) is 48.5 Å². The highest BCUT2D eigenvalue weighted by molar-refractivity contribution is 9.10. The van der Waals surface area contributed by atoms with Crippen LogP contribution in [0.4, 0.5) is 5.69 Å². The van der Waals surface area contributed by atoms with Crippen molar-refractivity contribution >= 4 is 27.5 Å². The van der Waals surface area contributed by atoms with Crippen LogP contribution in [-0.2, 0) is 11.3 Å². The first-order valence-corrected chi connectivity index (χ1v) is 6.80. The van der Waals surface area contributed by atoms with Gasteiger partial charge in [-0.3, -0.25) is 4.79 Å². The topological polar surface area (TPSA) is 29.5 Å². The third-order valence-corrected chi connectivity index (χ3v) is 3.77. The van der Waals surface area contributed by atoms with E-state index in [0.29, 0.717) is 6.54 Å². The molecule has 1 amide bonds. The fourth-order valence-electron chi connectivity index (χ4n) is 2.14. The maximum atomic E-state index is 12.2. The number of rotatable bonds is 1. The summed E-state index contributed by atoms with van der Waals surface area (Å²) in [5.41, 5.74) is 1.89. The second kappa shape index (κ2) is 5.05. The Hall–Kier alpha value is -1.81. The Morgan fingerprint density at radius 2 is 1.79 bits per heavy atom. The first kappa shape index (κ1) is 12.2. The predicted octanol–water partition coefficient (Wildman–Crippen LogP) is 3.37. The molecule has 1 aliphatic heterocycles. The van der Waals surface area contributed by atoms with Crippen LogP contribution in [0.2, 0.25) is 0 Å². The van der Waals surface area contributed by atoms with E-state index in [4.69, 9.17) is 4.74 Å². The lowest BCUT2D eigenvalue weighted by Gasteiger charge is -2.21. The van der Waals surface area contributed by atoms with Crippen molar-refractivity contribution < 1.29 is 9.53 Å². The summed E-state index contributed by atoms with van der Waals surface area (Å²) >= 11 is 3.49. The largest absolute Gasteiger partial charge is 0.483 e. The Kier molecular flexibility index (Phi) is 3.25. The van der Waals surface area contributed by atoms with Crippen LogP contribution in [0.5, 0.6) is 5.75 Å². The molecular formula is C15H12BrNO2. The van der Waals surface area contributed by atoms with E-state index >= 15 is 0 Å². The van der Waals surface area contributed by atoms with Gasteiger partial charge in [0.1, 0.15) is 5.75 Å². The van der Waals surface area contributed by atoms with Crippen LogP contribution >= 0.6 is 15.9 Å². The molecule has 0 aromatic heterocycles. The van der Waals surface area contributed by atoms with E-state index in [1.165, 1.54) is 0 Å². The molecule has 0 saturated heterocycles. The molecule has 0 fully saturated rings. The number of anilines is 1. The van der Waals surface area contributed by atoms with Gasteiger partial charge in [0.05, 0.1) is 12.2 Å². The van der Waals surface area contributed by atoms with Crippen LogP contribution in [0.1, 0.15) is 5.56 Å². The molecule has 1 heterocycles. The summed E-state index contributed by atoms with van der Waals surface area (Å²) in [6, 6.07) is 15.5. The van der Waals surface area contributed by atoms with Gasteiger partial charge in [-0.05, 0) is 34.1 Å². The Bertz CT molecular complexity index is 627. The zero-order valence-corrected chi connectivity index (χ0v) is 11.8. The van der Waals surface area contributed by atoms with Crippen molar-refractivity contribution in [1.29, 1.82) is 0 Å². The second-order valence-corrected chi connectivity index (χ2v) is 5.18. The van der Waals surface area contributed by atoms with Gasteiger partial charge in [0.2, 0.25) is 0 Å². The van der Waals surface area contributed by atoms with Crippen molar-refractivity contribution in [2.45, 2.75) is 6.54 Å². The molecule has 0 N–H and O–H groups in total. The molecular weight excluding hydrogens is 306 g/mol. The quantitative estimate of drug-likeness (QED) is 0.807. The lowest BCUT2D eigenvalue weighted by molar-refractivity contribution is -0.120. The molecule has 0 spiro atoms. The molecule has 19 heavy (non-hydrogen) atoms. The highest BCUT2D eigenvalue weighted by Crippen LogP contribution is 2.31. The van der Waals surface area contributed by atoms with Crippen LogP contribution < -0.4 is 9.64 Å². The summed E-state index contributed by atoms with van der Waals surface area (Å²) in [6.07, 6.45) is 0. The highest BCUT2D eigenvalue weighted by atomic mass is 79.9. The Balaban J connectivity index is 2.02. The number of fused-ring (bicyclic) bond motifs is 1. The summed E-state index contributed by atoms with van der Waals surface area (Å²) in [5, 5.41) is 0. The second-order valence-electron chi connectivity index (χ2n) is 4.33. The molecule has 96 valence electrons. The van der Waals surface area contributed by atoms with Gasteiger partial charge in [-0.1, -0.05) is 30.3 Å². The van der Waals surface area contributed by atoms with Gasteiger partial charge in [0, 0.05) is 10.0 Å². The smallest absolute Gasteiger partial charge is 0.265 e. The number of hydrogen-bond acceptors (Lipinski definition) is 2. The number of carbonyl (C=O) groups excluding carboxylic acids is 1. The third-order valence-electron chi connectivity index (χ3n) is 3.10. The summed E-state index contributed by atoms with van der Waals surface area (Å²) in [4.78, 5) is 14.0. The van der Waals surface area contributed by atoms with E-state index in [1.54, 1.807) is 4.90 Å². The Morgan fingerprint density at radius 1 is 1.05 bits per heavy atom. The van der Waals surface area contributed by atoms with E-state index < -0.39 is 0 Å². The van der Waals surface area contributed by atoms with Gasteiger partial charge in [-0.2, -0.15) is 0 Å². The Morgan fingerprint density at radius 3 is 2.63 bits per heavy atom. The number of ether oxygens (including phenoxy) is 1. The number of amides is 1. The van der Waals surface area contributed by atoms with Crippen molar-refractivity contribution in [3.05, 3.63) is 58.6 Å².